The van der Waals surface area contributed by atoms with Crippen LogP contribution < -0.4 is 11.1 Å². The summed E-state index contributed by atoms with van der Waals surface area (Å²) in [6.07, 6.45) is 4.55. The van der Waals surface area contributed by atoms with Crippen molar-refractivity contribution in [3.63, 3.8) is 0 Å². The molecule has 1 unspecified atom stereocenters. The van der Waals surface area contributed by atoms with Crippen LogP contribution in [0.15, 0.2) is 18.5 Å². The van der Waals surface area contributed by atoms with Gasteiger partial charge in [-0.1, -0.05) is 6.92 Å². The van der Waals surface area contributed by atoms with Gasteiger partial charge in [0.15, 0.2) is 0 Å². The highest BCUT2D eigenvalue weighted by Gasteiger charge is 2.25. The molecule has 0 aliphatic rings. The number of nitrogens with zero attached hydrogens (tertiary/aromatic N) is 1. The lowest BCUT2D eigenvalue weighted by atomic mass is 9.99. The normalized spacial score (nSPS) is 14.7. The summed E-state index contributed by atoms with van der Waals surface area (Å²) in [6.45, 7) is 4.18. The Balaban J connectivity index is 2.47. The molecule has 4 nitrogen and oxygen atoms in total. The highest BCUT2D eigenvalue weighted by atomic mass is 16.2. The van der Waals surface area contributed by atoms with Gasteiger partial charge in [0, 0.05) is 26.0 Å². The summed E-state index contributed by atoms with van der Waals surface area (Å²) in [7, 11) is 1.95. The van der Waals surface area contributed by atoms with E-state index in [1.54, 1.807) is 6.92 Å². The predicted octanol–water partition coefficient (Wildman–Crippen LogP) is 0.769. The fourth-order valence-corrected chi connectivity index (χ4v) is 1.21. The van der Waals surface area contributed by atoms with Crippen LogP contribution in [0.1, 0.15) is 25.8 Å². The Hall–Kier alpha value is -1.29. The molecule has 0 bridgehead atoms. The van der Waals surface area contributed by atoms with Crippen molar-refractivity contribution in [1.82, 2.24) is 9.88 Å². The maximum atomic E-state index is 11.6. The predicted molar refractivity (Wildman–Crippen MR) is 60.1 cm³/mol. The molecule has 0 saturated heterocycles. The summed E-state index contributed by atoms with van der Waals surface area (Å²) >= 11 is 0. The van der Waals surface area contributed by atoms with Crippen molar-refractivity contribution in [2.24, 2.45) is 12.8 Å². The van der Waals surface area contributed by atoms with Crippen molar-refractivity contribution >= 4 is 5.91 Å². The van der Waals surface area contributed by atoms with Crippen molar-refractivity contribution < 1.29 is 4.79 Å². The zero-order valence-electron chi connectivity index (χ0n) is 9.58. The Morgan fingerprint density at radius 1 is 1.67 bits per heavy atom. The van der Waals surface area contributed by atoms with Gasteiger partial charge >= 0.3 is 0 Å². The van der Waals surface area contributed by atoms with Crippen molar-refractivity contribution in [2.45, 2.75) is 32.4 Å². The van der Waals surface area contributed by atoms with Crippen LogP contribution in [0.4, 0.5) is 0 Å². The Morgan fingerprint density at radius 2 is 2.33 bits per heavy atom. The molecular formula is C11H19N3O. The molecule has 0 fully saturated rings. The van der Waals surface area contributed by atoms with Crippen LogP contribution in [-0.4, -0.2) is 16.0 Å². The van der Waals surface area contributed by atoms with Crippen LogP contribution in [0.3, 0.4) is 0 Å². The lowest BCUT2D eigenvalue weighted by molar-refractivity contribution is -0.126. The number of rotatable bonds is 4. The summed E-state index contributed by atoms with van der Waals surface area (Å²) in [5.74, 6) is -0.103. The molecule has 4 heteroatoms. The van der Waals surface area contributed by atoms with Crippen molar-refractivity contribution in [3.05, 3.63) is 24.0 Å². The monoisotopic (exact) mass is 209 g/mol. The molecule has 1 rings (SSSR count). The molecule has 0 aliphatic carbocycles. The van der Waals surface area contributed by atoms with E-state index in [9.17, 15) is 4.79 Å². The van der Waals surface area contributed by atoms with Gasteiger partial charge in [0.2, 0.25) is 5.91 Å². The lowest BCUT2D eigenvalue weighted by Gasteiger charge is -2.21. The smallest absolute Gasteiger partial charge is 0.240 e. The third-order valence-electron chi connectivity index (χ3n) is 2.60. The Kier molecular flexibility index (Phi) is 3.52. The largest absolute Gasteiger partial charge is 0.357 e. The second-order valence-corrected chi connectivity index (χ2v) is 4.14. The third kappa shape index (κ3) is 3.09. The molecule has 0 saturated carbocycles. The first-order valence-electron chi connectivity index (χ1n) is 5.13. The first-order chi connectivity index (χ1) is 6.95. The molecule has 1 amide bonds. The number of aromatic nitrogens is 1. The van der Waals surface area contributed by atoms with Gasteiger partial charge in [-0.3, -0.25) is 4.79 Å². The maximum Gasteiger partial charge on any atom is 0.240 e. The Bertz CT molecular complexity index is 341. The molecule has 1 aromatic rings. The molecule has 1 aromatic heterocycles. The molecule has 0 spiro atoms. The van der Waals surface area contributed by atoms with Crippen molar-refractivity contribution in [1.29, 1.82) is 0 Å². The van der Waals surface area contributed by atoms with E-state index in [0.29, 0.717) is 13.0 Å². The number of hydrogen-bond acceptors (Lipinski definition) is 2. The summed E-state index contributed by atoms with van der Waals surface area (Å²) in [5, 5.41) is 2.83. The van der Waals surface area contributed by atoms with Crippen LogP contribution in [0.2, 0.25) is 0 Å². The minimum atomic E-state index is -0.769. The highest BCUT2D eigenvalue weighted by Crippen LogP contribution is 2.05. The van der Waals surface area contributed by atoms with E-state index in [4.69, 9.17) is 5.73 Å². The summed E-state index contributed by atoms with van der Waals surface area (Å²) in [4.78, 5) is 11.6. The molecule has 1 atom stereocenters. The standard InChI is InChI=1S/C11H19N3O/c1-4-11(2,12)10(15)13-7-9-5-6-14(3)8-9/h5-6,8H,4,7,12H2,1-3H3,(H,13,15). The quantitative estimate of drug-likeness (QED) is 0.769. The minimum absolute atomic E-state index is 0.103. The van der Waals surface area contributed by atoms with E-state index in [2.05, 4.69) is 5.32 Å². The molecule has 15 heavy (non-hydrogen) atoms. The van der Waals surface area contributed by atoms with E-state index >= 15 is 0 Å². The molecule has 0 aliphatic heterocycles. The number of nitrogens with two attached hydrogens (primary N) is 1. The zero-order valence-corrected chi connectivity index (χ0v) is 9.58. The molecular weight excluding hydrogens is 190 g/mol. The van der Waals surface area contributed by atoms with Gasteiger partial charge in [-0.25, -0.2) is 0 Å². The van der Waals surface area contributed by atoms with Crippen LogP contribution in [0, 0.1) is 0 Å². The van der Waals surface area contributed by atoms with E-state index < -0.39 is 5.54 Å². The van der Waals surface area contributed by atoms with Crippen molar-refractivity contribution in [2.75, 3.05) is 0 Å². The first-order valence-corrected chi connectivity index (χ1v) is 5.13. The van der Waals surface area contributed by atoms with Crippen LogP contribution in [-0.2, 0) is 18.4 Å². The molecule has 0 radical (unpaired) electrons. The molecule has 1 heterocycles. The first kappa shape index (κ1) is 11.8. The lowest BCUT2D eigenvalue weighted by Crippen LogP contribution is -2.50. The van der Waals surface area contributed by atoms with Gasteiger partial charge in [-0.2, -0.15) is 0 Å². The second-order valence-electron chi connectivity index (χ2n) is 4.14. The fourth-order valence-electron chi connectivity index (χ4n) is 1.21. The number of carbonyl (C=O) groups is 1. The number of hydrogen-bond donors (Lipinski definition) is 2. The maximum absolute atomic E-state index is 11.6. The average Bonchev–Trinajstić information content (AvgIpc) is 2.60. The van der Waals surface area contributed by atoms with E-state index in [1.807, 2.05) is 37.0 Å². The number of amides is 1. The van der Waals surface area contributed by atoms with Crippen molar-refractivity contribution in [3.8, 4) is 0 Å². The van der Waals surface area contributed by atoms with Crippen LogP contribution >= 0.6 is 0 Å². The third-order valence-corrected chi connectivity index (χ3v) is 2.60. The van der Waals surface area contributed by atoms with Gasteiger partial charge < -0.3 is 15.6 Å². The molecule has 3 N–H and O–H groups in total. The van der Waals surface area contributed by atoms with E-state index in [-0.39, 0.29) is 5.91 Å². The van der Waals surface area contributed by atoms with E-state index in [1.165, 1.54) is 0 Å². The number of aryl methyl sites for hydroxylation is 1. The summed E-state index contributed by atoms with van der Waals surface area (Å²) in [6, 6.07) is 1.97. The Morgan fingerprint density at radius 3 is 2.80 bits per heavy atom. The summed E-state index contributed by atoms with van der Waals surface area (Å²) in [5.41, 5.74) is 6.12. The zero-order chi connectivity index (χ0) is 11.5. The SMILES string of the molecule is CCC(C)(N)C(=O)NCc1ccn(C)c1. The molecule has 0 aromatic carbocycles. The average molecular weight is 209 g/mol. The van der Waals surface area contributed by atoms with Gasteiger partial charge in [0.1, 0.15) is 0 Å². The van der Waals surface area contributed by atoms with E-state index in [0.717, 1.165) is 5.56 Å². The highest BCUT2D eigenvalue weighted by molar-refractivity contribution is 5.85. The van der Waals surface area contributed by atoms with Crippen LogP contribution in [0.5, 0.6) is 0 Å². The number of carbonyl (C=O) groups excluding carboxylic acids is 1. The topological polar surface area (TPSA) is 60.1 Å². The number of nitrogens with one attached hydrogen (secondary N) is 1. The van der Waals surface area contributed by atoms with Gasteiger partial charge in [-0.15, -0.1) is 0 Å². The second kappa shape index (κ2) is 4.49. The minimum Gasteiger partial charge on any atom is -0.357 e. The van der Waals surface area contributed by atoms with Gasteiger partial charge in [-0.05, 0) is 25.0 Å². The van der Waals surface area contributed by atoms with Gasteiger partial charge in [0.25, 0.3) is 0 Å². The van der Waals surface area contributed by atoms with Gasteiger partial charge in [0.05, 0.1) is 5.54 Å². The fraction of sp³-hybridized carbons (Fsp3) is 0.545. The Labute approximate surface area is 90.5 Å². The summed E-state index contributed by atoms with van der Waals surface area (Å²) < 4.78 is 1.95. The van der Waals surface area contributed by atoms with Crippen LogP contribution in [0.25, 0.3) is 0 Å². The molecule has 84 valence electrons.